The van der Waals surface area contributed by atoms with E-state index in [9.17, 15) is 5.11 Å². The number of H-pyrrole nitrogens is 1. The summed E-state index contributed by atoms with van der Waals surface area (Å²) < 4.78 is 0. The third-order valence-electron chi connectivity index (χ3n) is 2.95. The average molecular weight is 239 g/mol. The molecule has 6 heteroatoms. The number of nitrogens with one attached hydrogen (secondary N) is 2. The van der Waals surface area contributed by atoms with E-state index in [1.54, 1.807) is 6.07 Å². The number of rotatable bonds is 1. The first-order chi connectivity index (χ1) is 7.79. The van der Waals surface area contributed by atoms with Crippen LogP contribution in [-0.2, 0) is 6.42 Å². The van der Waals surface area contributed by atoms with Gasteiger partial charge in [0.25, 0.3) is 0 Å². The number of aromatic amines is 1. The van der Waals surface area contributed by atoms with Gasteiger partial charge in [0.2, 0.25) is 0 Å². The summed E-state index contributed by atoms with van der Waals surface area (Å²) in [5.41, 5.74) is 2.92. The van der Waals surface area contributed by atoms with Gasteiger partial charge in [-0.05, 0) is 6.07 Å². The summed E-state index contributed by atoms with van der Waals surface area (Å²) in [5, 5.41) is 21.7. The fraction of sp³-hybridized carbons (Fsp3) is 0.400. The van der Waals surface area contributed by atoms with Crippen molar-refractivity contribution in [2.45, 2.75) is 12.5 Å². The van der Waals surface area contributed by atoms with E-state index >= 15 is 0 Å². The van der Waals surface area contributed by atoms with Crippen molar-refractivity contribution in [2.24, 2.45) is 0 Å². The Morgan fingerprint density at radius 1 is 1.50 bits per heavy atom. The molecule has 3 rings (SSSR count). The summed E-state index contributed by atoms with van der Waals surface area (Å²) in [6.45, 7) is 0.923. The van der Waals surface area contributed by atoms with Gasteiger partial charge in [0.1, 0.15) is 0 Å². The molecule has 16 heavy (non-hydrogen) atoms. The summed E-state index contributed by atoms with van der Waals surface area (Å²) in [4.78, 5) is 3.22. The molecule has 3 heterocycles. The number of fused-ring (bicyclic) bond motifs is 3. The quantitative estimate of drug-likeness (QED) is 0.687. The van der Waals surface area contributed by atoms with E-state index in [1.165, 1.54) is 0 Å². The Balaban J connectivity index is 2.27. The molecular weight excluding hydrogens is 228 g/mol. The maximum absolute atomic E-state index is 9.34. The van der Waals surface area contributed by atoms with Crippen LogP contribution in [0.15, 0.2) is 6.07 Å². The molecule has 2 aromatic rings. The molecule has 0 aliphatic carbocycles. The van der Waals surface area contributed by atoms with E-state index in [4.69, 9.17) is 11.6 Å². The van der Waals surface area contributed by atoms with Crippen LogP contribution in [0.4, 0.5) is 0 Å². The van der Waals surface area contributed by atoms with Crippen LogP contribution in [0, 0.1) is 0 Å². The summed E-state index contributed by atoms with van der Waals surface area (Å²) in [6.07, 6.45) is 0.903. The van der Waals surface area contributed by atoms with Crippen molar-refractivity contribution in [3.8, 4) is 0 Å². The second-order valence-corrected chi connectivity index (χ2v) is 4.27. The van der Waals surface area contributed by atoms with Crippen LogP contribution in [0.5, 0.6) is 0 Å². The van der Waals surface area contributed by atoms with Crippen LogP contribution in [0.2, 0.25) is 5.15 Å². The lowest BCUT2D eigenvalue weighted by atomic mass is 9.99. The highest BCUT2D eigenvalue weighted by Crippen LogP contribution is 2.30. The lowest BCUT2D eigenvalue weighted by molar-refractivity contribution is 0.241. The first kappa shape index (κ1) is 10.0. The van der Waals surface area contributed by atoms with E-state index in [-0.39, 0.29) is 12.6 Å². The maximum atomic E-state index is 9.34. The van der Waals surface area contributed by atoms with Crippen molar-refractivity contribution in [3.63, 3.8) is 0 Å². The van der Waals surface area contributed by atoms with E-state index in [0.717, 1.165) is 35.3 Å². The summed E-state index contributed by atoms with van der Waals surface area (Å²) in [6, 6.07) is 1.74. The minimum absolute atomic E-state index is 0.0437. The molecule has 0 radical (unpaired) electrons. The number of halogens is 1. The number of aromatic nitrogens is 3. The van der Waals surface area contributed by atoms with Crippen LogP contribution in [-0.4, -0.2) is 33.4 Å². The fourth-order valence-electron chi connectivity index (χ4n) is 2.26. The average Bonchev–Trinajstić information content (AvgIpc) is 2.66. The Kier molecular flexibility index (Phi) is 2.31. The first-order valence-electron chi connectivity index (χ1n) is 5.17. The van der Waals surface area contributed by atoms with Gasteiger partial charge in [-0.3, -0.25) is 0 Å². The fourth-order valence-corrected chi connectivity index (χ4v) is 2.41. The van der Waals surface area contributed by atoms with E-state index in [2.05, 4.69) is 20.5 Å². The molecule has 1 unspecified atom stereocenters. The number of hydrogen-bond donors (Lipinski definition) is 3. The second-order valence-electron chi connectivity index (χ2n) is 3.89. The standard InChI is InChI=1S/C10H11ClN4O/c11-8-3-5-9-6(13-10(5)15-14-8)1-2-12-7(9)4-16/h3,7,12,16H,1-2,4H2,(H,13,15). The molecule has 1 aliphatic heterocycles. The second kappa shape index (κ2) is 3.69. The van der Waals surface area contributed by atoms with Crippen molar-refractivity contribution in [2.75, 3.05) is 13.2 Å². The highest BCUT2D eigenvalue weighted by molar-refractivity contribution is 6.29. The third-order valence-corrected chi connectivity index (χ3v) is 3.13. The van der Waals surface area contributed by atoms with Gasteiger partial charge in [0, 0.05) is 29.6 Å². The van der Waals surface area contributed by atoms with Gasteiger partial charge in [0.05, 0.1) is 12.6 Å². The molecule has 0 aromatic carbocycles. The minimum atomic E-state index is -0.0437. The highest BCUT2D eigenvalue weighted by atomic mass is 35.5. The zero-order chi connectivity index (χ0) is 11.1. The number of aliphatic hydroxyl groups excluding tert-OH is 1. The Labute approximate surface area is 96.8 Å². The van der Waals surface area contributed by atoms with Gasteiger partial charge in [-0.25, -0.2) is 0 Å². The number of aliphatic hydroxyl groups is 1. The van der Waals surface area contributed by atoms with Crippen molar-refractivity contribution < 1.29 is 5.11 Å². The van der Waals surface area contributed by atoms with Crippen LogP contribution in [0.3, 0.4) is 0 Å². The maximum Gasteiger partial charge on any atom is 0.160 e. The van der Waals surface area contributed by atoms with Crippen molar-refractivity contribution in [3.05, 3.63) is 22.5 Å². The van der Waals surface area contributed by atoms with Crippen molar-refractivity contribution in [1.82, 2.24) is 20.5 Å². The SMILES string of the molecule is OCC1NCCc2[nH]c3nnc(Cl)cc3c21. The molecule has 0 amide bonds. The molecule has 0 fully saturated rings. The van der Waals surface area contributed by atoms with Crippen LogP contribution in [0.1, 0.15) is 17.3 Å². The molecule has 0 spiro atoms. The monoisotopic (exact) mass is 238 g/mol. The normalized spacial score (nSPS) is 20.0. The number of hydrogen-bond acceptors (Lipinski definition) is 4. The van der Waals surface area contributed by atoms with Gasteiger partial charge >= 0.3 is 0 Å². The summed E-state index contributed by atoms with van der Waals surface area (Å²) in [7, 11) is 0. The first-order valence-corrected chi connectivity index (χ1v) is 5.55. The summed E-state index contributed by atoms with van der Waals surface area (Å²) >= 11 is 5.84. The largest absolute Gasteiger partial charge is 0.394 e. The van der Waals surface area contributed by atoms with Gasteiger partial charge < -0.3 is 15.4 Å². The molecule has 0 saturated heterocycles. The smallest absolute Gasteiger partial charge is 0.160 e. The molecule has 1 aliphatic rings. The molecule has 84 valence electrons. The Morgan fingerprint density at radius 2 is 2.38 bits per heavy atom. The molecule has 3 N–H and O–H groups in total. The lowest BCUT2D eigenvalue weighted by Crippen LogP contribution is -2.31. The van der Waals surface area contributed by atoms with Gasteiger partial charge in [-0.15, -0.1) is 10.2 Å². The van der Waals surface area contributed by atoms with Gasteiger partial charge in [0.15, 0.2) is 10.8 Å². The highest BCUT2D eigenvalue weighted by Gasteiger charge is 2.24. The lowest BCUT2D eigenvalue weighted by Gasteiger charge is -2.22. The predicted octanol–water partition coefficient (Wildman–Crippen LogP) is 0.790. The van der Waals surface area contributed by atoms with Crippen molar-refractivity contribution in [1.29, 1.82) is 0 Å². The number of nitrogens with zero attached hydrogens (tertiary/aromatic N) is 2. The van der Waals surface area contributed by atoms with Gasteiger partial charge in [-0.1, -0.05) is 11.6 Å². The Morgan fingerprint density at radius 3 is 3.19 bits per heavy atom. The van der Waals surface area contributed by atoms with Gasteiger partial charge in [-0.2, -0.15) is 0 Å². The molecule has 2 aromatic heterocycles. The van der Waals surface area contributed by atoms with Crippen LogP contribution in [0.25, 0.3) is 11.0 Å². The van der Waals surface area contributed by atoms with E-state index < -0.39 is 0 Å². The Hall–Kier alpha value is -1.17. The molecule has 0 saturated carbocycles. The Bertz CT molecular complexity index is 539. The molecule has 1 atom stereocenters. The molecule has 0 bridgehead atoms. The topological polar surface area (TPSA) is 73.8 Å². The predicted molar refractivity (Wildman–Crippen MR) is 60.4 cm³/mol. The van der Waals surface area contributed by atoms with Crippen LogP contribution >= 0.6 is 11.6 Å². The van der Waals surface area contributed by atoms with Crippen LogP contribution < -0.4 is 5.32 Å². The zero-order valence-electron chi connectivity index (χ0n) is 8.50. The summed E-state index contributed by atoms with van der Waals surface area (Å²) in [5.74, 6) is 0. The molecular formula is C10H11ClN4O. The third kappa shape index (κ3) is 1.40. The molecule has 5 nitrogen and oxygen atoms in total. The van der Waals surface area contributed by atoms with E-state index in [0.29, 0.717) is 5.15 Å². The zero-order valence-corrected chi connectivity index (χ0v) is 9.25. The minimum Gasteiger partial charge on any atom is -0.394 e. The van der Waals surface area contributed by atoms with Crippen molar-refractivity contribution >= 4 is 22.6 Å². The van der Waals surface area contributed by atoms with E-state index in [1.807, 2.05) is 0 Å².